The molecule has 1 aromatic heterocycles. The lowest BCUT2D eigenvalue weighted by atomic mass is 10.0. The van der Waals surface area contributed by atoms with Crippen molar-refractivity contribution in [3.05, 3.63) is 48.3 Å². The molecule has 2 N–H and O–H groups in total. The van der Waals surface area contributed by atoms with Gasteiger partial charge in [0.1, 0.15) is 0 Å². The molecule has 0 saturated carbocycles. The van der Waals surface area contributed by atoms with Crippen molar-refractivity contribution in [3.63, 3.8) is 0 Å². The number of benzene rings is 1. The minimum absolute atomic E-state index is 0.0435. The Labute approximate surface area is 111 Å². The van der Waals surface area contributed by atoms with Crippen molar-refractivity contribution in [2.24, 2.45) is 5.92 Å². The largest absolute Gasteiger partial charge is 0.352 e. The van der Waals surface area contributed by atoms with Gasteiger partial charge in [-0.15, -0.1) is 0 Å². The normalized spacial score (nSPS) is 14.9. The van der Waals surface area contributed by atoms with E-state index >= 15 is 0 Å². The van der Waals surface area contributed by atoms with E-state index in [1.807, 2.05) is 36.5 Å². The Morgan fingerprint density at radius 1 is 1.37 bits per heavy atom. The van der Waals surface area contributed by atoms with Crippen LogP contribution in [0.3, 0.4) is 0 Å². The Hall–Kier alpha value is -2.14. The smallest absolute Gasteiger partial charge is 0.253 e. The average Bonchev–Trinajstić information content (AvgIpc) is 2.90. The summed E-state index contributed by atoms with van der Waals surface area (Å²) in [5, 5.41) is 10.4. The number of hydrogen-bond donors (Lipinski definition) is 2. The maximum absolute atomic E-state index is 12.2. The fourth-order valence-corrected chi connectivity index (χ4v) is 2.10. The molecule has 1 saturated heterocycles. The Bertz CT molecular complexity index is 561. The third-order valence-corrected chi connectivity index (χ3v) is 3.32. The molecule has 0 bridgehead atoms. The summed E-state index contributed by atoms with van der Waals surface area (Å²) in [7, 11) is 0. The zero-order chi connectivity index (χ0) is 13.1. The van der Waals surface area contributed by atoms with Crippen LogP contribution in [0.4, 0.5) is 0 Å². The van der Waals surface area contributed by atoms with Crippen molar-refractivity contribution in [3.8, 4) is 5.69 Å². The molecular weight excluding hydrogens is 240 g/mol. The number of carbonyl (C=O) groups excluding carboxylic acids is 1. The number of nitrogens with zero attached hydrogens (tertiary/aromatic N) is 2. The number of carbonyl (C=O) groups is 1. The van der Waals surface area contributed by atoms with Gasteiger partial charge in [-0.1, -0.05) is 12.1 Å². The topological polar surface area (TPSA) is 59.0 Å². The molecule has 1 fully saturated rings. The van der Waals surface area contributed by atoms with Crippen molar-refractivity contribution < 1.29 is 4.79 Å². The van der Waals surface area contributed by atoms with Gasteiger partial charge in [-0.2, -0.15) is 5.10 Å². The van der Waals surface area contributed by atoms with E-state index in [-0.39, 0.29) is 5.91 Å². The second-order valence-corrected chi connectivity index (χ2v) is 4.70. The molecule has 0 radical (unpaired) electrons. The van der Waals surface area contributed by atoms with E-state index in [4.69, 9.17) is 0 Å². The minimum atomic E-state index is -0.0435. The quantitative estimate of drug-likeness (QED) is 0.851. The first-order valence-corrected chi connectivity index (χ1v) is 6.42. The van der Waals surface area contributed by atoms with Crippen LogP contribution in [0.25, 0.3) is 5.69 Å². The Morgan fingerprint density at radius 3 is 2.89 bits per heavy atom. The second kappa shape index (κ2) is 5.24. The Kier molecular flexibility index (Phi) is 3.29. The summed E-state index contributed by atoms with van der Waals surface area (Å²) >= 11 is 0. The summed E-state index contributed by atoms with van der Waals surface area (Å²) in [4.78, 5) is 12.2. The number of aromatic nitrogens is 2. The maximum Gasteiger partial charge on any atom is 0.253 e. The van der Waals surface area contributed by atoms with E-state index in [0.29, 0.717) is 11.5 Å². The highest BCUT2D eigenvalue weighted by atomic mass is 16.1. The van der Waals surface area contributed by atoms with Gasteiger partial charge in [0.15, 0.2) is 0 Å². The zero-order valence-electron chi connectivity index (χ0n) is 10.5. The molecule has 1 aromatic carbocycles. The second-order valence-electron chi connectivity index (χ2n) is 4.70. The predicted molar refractivity (Wildman–Crippen MR) is 72.3 cm³/mol. The molecule has 5 heteroatoms. The number of rotatable bonds is 4. The Morgan fingerprint density at radius 2 is 2.21 bits per heavy atom. The van der Waals surface area contributed by atoms with Crippen LogP contribution in [0.2, 0.25) is 0 Å². The van der Waals surface area contributed by atoms with Crippen LogP contribution in [0.5, 0.6) is 0 Å². The summed E-state index contributed by atoms with van der Waals surface area (Å²) in [6.07, 6.45) is 3.54. The molecule has 0 aliphatic carbocycles. The molecule has 1 amide bonds. The van der Waals surface area contributed by atoms with Crippen molar-refractivity contribution in [2.45, 2.75) is 0 Å². The van der Waals surface area contributed by atoms with Crippen LogP contribution in [-0.4, -0.2) is 35.3 Å². The molecule has 3 rings (SSSR count). The standard InChI is InChI=1S/C14H16N4O/c19-14(16-10-11-8-15-9-11)12-4-1-2-5-13(12)18-7-3-6-17-18/h1-7,11,15H,8-10H2,(H,16,19). The van der Waals surface area contributed by atoms with Crippen LogP contribution in [0.15, 0.2) is 42.7 Å². The maximum atomic E-state index is 12.2. The molecule has 1 aliphatic heterocycles. The predicted octanol–water partition coefficient (Wildman–Crippen LogP) is 0.821. The molecule has 0 spiro atoms. The van der Waals surface area contributed by atoms with Gasteiger partial charge in [-0.05, 0) is 18.2 Å². The van der Waals surface area contributed by atoms with Crippen LogP contribution in [0.1, 0.15) is 10.4 Å². The SMILES string of the molecule is O=C(NCC1CNC1)c1ccccc1-n1cccn1. The van der Waals surface area contributed by atoms with Crippen molar-refractivity contribution in [1.29, 1.82) is 0 Å². The minimum Gasteiger partial charge on any atom is -0.352 e. The van der Waals surface area contributed by atoms with Gasteiger partial charge in [0.25, 0.3) is 5.91 Å². The highest BCUT2D eigenvalue weighted by Crippen LogP contribution is 2.13. The zero-order valence-corrected chi connectivity index (χ0v) is 10.5. The van der Waals surface area contributed by atoms with Gasteiger partial charge in [0.05, 0.1) is 11.3 Å². The summed E-state index contributed by atoms with van der Waals surface area (Å²) < 4.78 is 1.71. The lowest BCUT2D eigenvalue weighted by molar-refractivity contribution is 0.0942. The van der Waals surface area contributed by atoms with E-state index in [2.05, 4.69) is 15.7 Å². The highest BCUT2D eigenvalue weighted by Gasteiger charge is 2.18. The lowest BCUT2D eigenvalue weighted by Gasteiger charge is -2.27. The average molecular weight is 256 g/mol. The van der Waals surface area contributed by atoms with Gasteiger partial charge < -0.3 is 10.6 Å². The molecule has 0 unspecified atom stereocenters. The van der Waals surface area contributed by atoms with E-state index in [1.165, 1.54) is 0 Å². The lowest BCUT2D eigenvalue weighted by Crippen LogP contribution is -2.48. The van der Waals surface area contributed by atoms with Crippen LogP contribution in [0, 0.1) is 5.92 Å². The third-order valence-electron chi connectivity index (χ3n) is 3.32. The summed E-state index contributed by atoms with van der Waals surface area (Å²) in [5.41, 5.74) is 1.45. The molecule has 1 aliphatic rings. The fourth-order valence-electron chi connectivity index (χ4n) is 2.10. The van der Waals surface area contributed by atoms with Crippen LogP contribution >= 0.6 is 0 Å². The molecule has 2 aromatic rings. The third kappa shape index (κ3) is 2.51. The van der Waals surface area contributed by atoms with E-state index in [1.54, 1.807) is 10.9 Å². The molecule has 5 nitrogen and oxygen atoms in total. The molecule has 2 heterocycles. The van der Waals surface area contributed by atoms with Crippen molar-refractivity contribution in [2.75, 3.05) is 19.6 Å². The van der Waals surface area contributed by atoms with Crippen molar-refractivity contribution >= 4 is 5.91 Å². The fraction of sp³-hybridized carbons (Fsp3) is 0.286. The molecule has 0 atom stereocenters. The van der Waals surface area contributed by atoms with Crippen LogP contribution < -0.4 is 10.6 Å². The van der Waals surface area contributed by atoms with Gasteiger partial charge in [-0.25, -0.2) is 4.68 Å². The summed E-state index contributed by atoms with van der Waals surface area (Å²) in [6.45, 7) is 2.70. The van der Waals surface area contributed by atoms with E-state index < -0.39 is 0 Å². The first-order chi connectivity index (χ1) is 9.34. The number of hydrogen-bond acceptors (Lipinski definition) is 3. The summed E-state index contributed by atoms with van der Waals surface area (Å²) in [5.74, 6) is 0.513. The van der Waals surface area contributed by atoms with Gasteiger partial charge in [0, 0.05) is 37.9 Å². The van der Waals surface area contributed by atoms with Gasteiger partial charge in [0.2, 0.25) is 0 Å². The van der Waals surface area contributed by atoms with Gasteiger partial charge >= 0.3 is 0 Å². The Balaban J connectivity index is 1.77. The number of amides is 1. The molecular formula is C14H16N4O. The van der Waals surface area contributed by atoms with E-state index in [0.717, 1.165) is 25.3 Å². The number of nitrogens with one attached hydrogen (secondary N) is 2. The first-order valence-electron chi connectivity index (χ1n) is 6.42. The summed E-state index contributed by atoms with van der Waals surface area (Å²) in [6, 6.07) is 9.34. The number of para-hydroxylation sites is 1. The van der Waals surface area contributed by atoms with E-state index in [9.17, 15) is 4.79 Å². The first kappa shape index (κ1) is 11.9. The van der Waals surface area contributed by atoms with Crippen molar-refractivity contribution in [1.82, 2.24) is 20.4 Å². The highest BCUT2D eigenvalue weighted by molar-refractivity contribution is 5.97. The monoisotopic (exact) mass is 256 g/mol. The molecule has 19 heavy (non-hydrogen) atoms. The van der Waals surface area contributed by atoms with Crippen LogP contribution in [-0.2, 0) is 0 Å². The van der Waals surface area contributed by atoms with Gasteiger partial charge in [-0.3, -0.25) is 4.79 Å². The molecule has 98 valence electrons.